The van der Waals surface area contributed by atoms with E-state index in [1.807, 2.05) is 37.3 Å². The Bertz CT molecular complexity index is 910. The summed E-state index contributed by atoms with van der Waals surface area (Å²) in [5.41, 5.74) is 2.52. The predicted molar refractivity (Wildman–Crippen MR) is 82.0 cm³/mol. The minimum Gasteiger partial charge on any atom is -0.377 e. The van der Waals surface area contributed by atoms with E-state index in [-0.39, 0.29) is 4.90 Å². The van der Waals surface area contributed by atoms with Crippen LogP contribution in [0.2, 0.25) is 0 Å². The lowest BCUT2D eigenvalue weighted by Gasteiger charge is -2.09. The molecular formula is C16H15NO3S. The zero-order valence-corrected chi connectivity index (χ0v) is 12.6. The van der Waals surface area contributed by atoms with Gasteiger partial charge in [-0.25, -0.2) is 0 Å². The Balaban J connectivity index is 2.03. The summed E-state index contributed by atoms with van der Waals surface area (Å²) in [4.78, 5) is 3.19. The molecule has 1 N–H and O–H groups in total. The molecule has 0 saturated heterocycles. The summed E-state index contributed by atoms with van der Waals surface area (Å²) in [7, 11) is -3.84. The second-order valence-corrected chi connectivity index (χ2v) is 6.52. The Morgan fingerprint density at radius 2 is 1.81 bits per heavy atom. The number of hydrogen-bond donors (Lipinski definition) is 1. The first-order valence-corrected chi connectivity index (χ1v) is 7.96. The average molecular weight is 301 g/mol. The molecule has 0 spiro atoms. The minimum absolute atomic E-state index is 0.193. The van der Waals surface area contributed by atoms with E-state index in [2.05, 4.69) is 4.98 Å². The zero-order valence-electron chi connectivity index (χ0n) is 11.8. The van der Waals surface area contributed by atoms with Crippen LogP contribution in [0.15, 0.2) is 53.6 Å². The van der Waals surface area contributed by atoms with Gasteiger partial charge in [0.2, 0.25) is 0 Å². The third-order valence-corrected chi connectivity index (χ3v) is 4.75. The quantitative estimate of drug-likeness (QED) is 0.753. The number of benzene rings is 2. The highest BCUT2D eigenvalue weighted by Crippen LogP contribution is 2.28. The summed E-state index contributed by atoms with van der Waals surface area (Å²) >= 11 is 0. The standard InChI is InChI=1S/C16H15NO3S/c1-11-7-8-16(12(2)9-11)21(18,19)20-15-10-17-14-6-4-3-5-13(14)15/h3-10,17H,1-2H3. The van der Waals surface area contributed by atoms with Gasteiger partial charge in [0.15, 0.2) is 5.75 Å². The van der Waals surface area contributed by atoms with Crippen LogP contribution in [0.4, 0.5) is 0 Å². The summed E-state index contributed by atoms with van der Waals surface area (Å²) in [6.07, 6.45) is 1.56. The van der Waals surface area contributed by atoms with Crippen LogP contribution in [0, 0.1) is 13.8 Å². The summed E-state index contributed by atoms with van der Waals surface area (Å²) in [5, 5.41) is 0.742. The van der Waals surface area contributed by atoms with Crippen molar-refractivity contribution in [3.8, 4) is 5.75 Å². The third-order valence-electron chi connectivity index (χ3n) is 3.35. The molecule has 108 valence electrons. The molecule has 0 radical (unpaired) electrons. The molecule has 3 rings (SSSR count). The second kappa shape index (κ2) is 4.93. The monoisotopic (exact) mass is 301 g/mol. The van der Waals surface area contributed by atoms with Gasteiger partial charge >= 0.3 is 10.1 Å². The van der Waals surface area contributed by atoms with Gasteiger partial charge in [-0.1, -0.05) is 29.8 Å². The van der Waals surface area contributed by atoms with Crippen LogP contribution in [-0.2, 0) is 10.1 Å². The fourth-order valence-corrected chi connectivity index (χ4v) is 3.51. The molecule has 0 aliphatic carbocycles. The lowest BCUT2D eigenvalue weighted by Crippen LogP contribution is -2.11. The maximum atomic E-state index is 12.4. The summed E-state index contributed by atoms with van der Waals surface area (Å²) < 4.78 is 30.2. The Morgan fingerprint density at radius 3 is 2.57 bits per heavy atom. The molecule has 4 nitrogen and oxygen atoms in total. The molecule has 0 atom stereocenters. The van der Waals surface area contributed by atoms with Crippen molar-refractivity contribution in [2.24, 2.45) is 0 Å². The van der Waals surface area contributed by atoms with Crippen molar-refractivity contribution in [3.05, 3.63) is 59.8 Å². The SMILES string of the molecule is Cc1ccc(S(=O)(=O)Oc2c[nH]c3ccccc23)c(C)c1. The van der Waals surface area contributed by atoms with E-state index in [1.165, 1.54) is 0 Å². The number of rotatable bonds is 3. The molecule has 0 aliphatic heterocycles. The maximum absolute atomic E-state index is 12.4. The maximum Gasteiger partial charge on any atom is 0.339 e. The van der Waals surface area contributed by atoms with Crippen molar-refractivity contribution in [2.75, 3.05) is 0 Å². The van der Waals surface area contributed by atoms with E-state index < -0.39 is 10.1 Å². The van der Waals surface area contributed by atoms with Gasteiger partial charge in [0.25, 0.3) is 0 Å². The lowest BCUT2D eigenvalue weighted by atomic mass is 10.2. The van der Waals surface area contributed by atoms with Crippen molar-refractivity contribution >= 4 is 21.0 Å². The van der Waals surface area contributed by atoms with Gasteiger partial charge in [0, 0.05) is 17.1 Å². The molecule has 21 heavy (non-hydrogen) atoms. The lowest BCUT2D eigenvalue weighted by molar-refractivity contribution is 0.488. The molecule has 5 heteroatoms. The summed E-state index contributed by atoms with van der Waals surface area (Å²) in [6.45, 7) is 3.68. The molecule has 0 unspecified atom stereocenters. The van der Waals surface area contributed by atoms with Gasteiger partial charge < -0.3 is 9.17 Å². The molecule has 0 aliphatic rings. The number of aromatic nitrogens is 1. The average Bonchev–Trinajstić information content (AvgIpc) is 2.81. The van der Waals surface area contributed by atoms with Crippen molar-refractivity contribution in [1.29, 1.82) is 0 Å². The van der Waals surface area contributed by atoms with Crippen molar-refractivity contribution in [3.63, 3.8) is 0 Å². The molecule has 0 saturated carbocycles. The number of fused-ring (bicyclic) bond motifs is 1. The highest BCUT2D eigenvalue weighted by molar-refractivity contribution is 7.87. The van der Waals surface area contributed by atoms with E-state index in [4.69, 9.17) is 4.18 Å². The Labute approximate surface area is 123 Å². The zero-order chi connectivity index (χ0) is 15.0. The molecule has 0 bridgehead atoms. The second-order valence-electron chi connectivity index (χ2n) is 5.00. The highest BCUT2D eigenvalue weighted by Gasteiger charge is 2.20. The number of para-hydroxylation sites is 1. The van der Waals surface area contributed by atoms with E-state index in [1.54, 1.807) is 25.3 Å². The molecule has 0 fully saturated rings. The van der Waals surface area contributed by atoms with Crippen LogP contribution in [0.5, 0.6) is 5.75 Å². The van der Waals surface area contributed by atoms with Gasteiger partial charge in [0.1, 0.15) is 4.90 Å². The van der Waals surface area contributed by atoms with Gasteiger partial charge in [0.05, 0.1) is 0 Å². The van der Waals surface area contributed by atoms with E-state index >= 15 is 0 Å². The van der Waals surface area contributed by atoms with Gasteiger partial charge in [-0.15, -0.1) is 0 Å². The molecule has 0 amide bonds. The number of nitrogens with one attached hydrogen (secondary N) is 1. The van der Waals surface area contributed by atoms with Crippen molar-refractivity contribution < 1.29 is 12.6 Å². The fourth-order valence-electron chi connectivity index (χ4n) is 2.36. The third kappa shape index (κ3) is 2.52. The van der Waals surface area contributed by atoms with Crippen LogP contribution in [0.3, 0.4) is 0 Å². The minimum atomic E-state index is -3.84. The van der Waals surface area contributed by atoms with Crippen LogP contribution in [0.25, 0.3) is 10.9 Å². The first-order chi connectivity index (χ1) is 9.97. The summed E-state index contributed by atoms with van der Waals surface area (Å²) in [5.74, 6) is 0.311. The first-order valence-electron chi connectivity index (χ1n) is 6.55. The molecular weight excluding hydrogens is 286 g/mol. The Hall–Kier alpha value is -2.27. The smallest absolute Gasteiger partial charge is 0.339 e. The topological polar surface area (TPSA) is 59.2 Å². The number of H-pyrrole nitrogens is 1. The molecule has 1 aromatic heterocycles. The van der Waals surface area contributed by atoms with Crippen LogP contribution >= 0.6 is 0 Å². The van der Waals surface area contributed by atoms with Gasteiger partial charge in [-0.2, -0.15) is 8.42 Å². The molecule has 2 aromatic carbocycles. The van der Waals surface area contributed by atoms with Gasteiger partial charge in [-0.3, -0.25) is 0 Å². The highest BCUT2D eigenvalue weighted by atomic mass is 32.2. The number of aromatic amines is 1. The van der Waals surface area contributed by atoms with E-state index in [0.29, 0.717) is 11.3 Å². The van der Waals surface area contributed by atoms with Crippen molar-refractivity contribution in [1.82, 2.24) is 4.98 Å². The van der Waals surface area contributed by atoms with Crippen LogP contribution in [-0.4, -0.2) is 13.4 Å². The first kappa shape index (κ1) is 13.7. The molecule has 3 aromatic rings. The Kier molecular flexibility index (Phi) is 3.22. The van der Waals surface area contributed by atoms with Crippen LogP contribution in [0.1, 0.15) is 11.1 Å². The normalized spacial score (nSPS) is 11.7. The predicted octanol–water partition coefficient (Wildman–Crippen LogP) is 3.55. The number of aryl methyl sites for hydroxylation is 2. The largest absolute Gasteiger partial charge is 0.377 e. The summed E-state index contributed by atoms with van der Waals surface area (Å²) in [6, 6.07) is 12.6. The number of hydrogen-bond acceptors (Lipinski definition) is 3. The van der Waals surface area contributed by atoms with Crippen molar-refractivity contribution in [2.45, 2.75) is 18.7 Å². The van der Waals surface area contributed by atoms with Gasteiger partial charge in [-0.05, 0) is 37.6 Å². The molecule has 1 heterocycles. The Morgan fingerprint density at radius 1 is 1.05 bits per heavy atom. The van der Waals surface area contributed by atoms with Crippen LogP contribution < -0.4 is 4.18 Å². The van der Waals surface area contributed by atoms with E-state index in [0.717, 1.165) is 16.5 Å². The fraction of sp³-hybridized carbons (Fsp3) is 0.125. The van der Waals surface area contributed by atoms with E-state index in [9.17, 15) is 8.42 Å².